The first-order valence-electron chi connectivity index (χ1n) is 8.32. The number of carbonyl (C=O) groups is 1. The number of nitrogens with one attached hydrogen (secondary N) is 2. The number of likely N-dealkylation sites (tertiary alicyclic amines) is 1. The maximum Gasteiger partial charge on any atom is 0.238 e. The summed E-state index contributed by atoms with van der Waals surface area (Å²) in [6.07, 6.45) is 2.63. The second-order valence-electron chi connectivity index (χ2n) is 6.77. The lowest BCUT2D eigenvalue weighted by molar-refractivity contribution is -0.117. The van der Waals surface area contributed by atoms with Gasteiger partial charge in [-0.1, -0.05) is 26.0 Å². The number of benzene rings is 1. The van der Waals surface area contributed by atoms with Crippen LogP contribution in [0.15, 0.2) is 24.3 Å². The highest BCUT2D eigenvalue weighted by molar-refractivity contribution is 7.88. The van der Waals surface area contributed by atoms with E-state index in [0.717, 1.165) is 18.5 Å². The molecule has 2 N–H and O–H groups in total. The molecule has 0 atom stereocenters. The van der Waals surface area contributed by atoms with Crippen LogP contribution in [0.4, 0.5) is 5.69 Å². The van der Waals surface area contributed by atoms with Crippen LogP contribution in [0.25, 0.3) is 0 Å². The highest BCUT2D eigenvalue weighted by Crippen LogP contribution is 2.18. The van der Waals surface area contributed by atoms with Gasteiger partial charge in [-0.2, -0.15) is 0 Å². The number of rotatable bonds is 6. The molecule has 1 amide bonds. The van der Waals surface area contributed by atoms with E-state index in [2.05, 4.69) is 34.9 Å². The van der Waals surface area contributed by atoms with Crippen LogP contribution >= 0.6 is 0 Å². The molecule has 0 unspecified atom stereocenters. The van der Waals surface area contributed by atoms with Crippen LogP contribution in [0.1, 0.15) is 38.2 Å². The Morgan fingerprint density at radius 2 is 1.96 bits per heavy atom. The van der Waals surface area contributed by atoms with E-state index in [1.807, 2.05) is 18.2 Å². The molecule has 0 radical (unpaired) electrons. The van der Waals surface area contributed by atoms with Gasteiger partial charge in [0.05, 0.1) is 12.8 Å². The van der Waals surface area contributed by atoms with Crippen LogP contribution in [-0.4, -0.2) is 51.2 Å². The molecule has 134 valence electrons. The zero-order chi connectivity index (χ0) is 17.7. The number of hydrogen-bond donors (Lipinski definition) is 2. The third-order valence-corrected chi connectivity index (χ3v) is 4.93. The quantitative estimate of drug-likeness (QED) is 0.817. The van der Waals surface area contributed by atoms with E-state index in [0.29, 0.717) is 25.6 Å². The molecule has 24 heavy (non-hydrogen) atoms. The molecule has 1 aliphatic rings. The van der Waals surface area contributed by atoms with Crippen LogP contribution in [0.3, 0.4) is 0 Å². The van der Waals surface area contributed by atoms with Gasteiger partial charge in [0, 0.05) is 24.8 Å². The lowest BCUT2D eigenvalue weighted by Gasteiger charge is -2.31. The topological polar surface area (TPSA) is 78.5 Å². The Morgan fingerprint density at radius 1 is 1.29 bits per heavy atom. The van der Waals surface area contributed by atoms with Gasteiger partial charge in [-0.25, -0.2) is 13.1 Å². The number of anilines is 1. The molecule has 1 aromatic rings. The summed E-state index contributed by atoms with van der Waals surface area (Å²) in [5.41, 5.74) is 2.01. The summed E-state index contributed by atoms with van der Waals surface area (Å²) in [5.74, 6) is 0.383. The van der Waals surface area contributed by atoms with Crippen molar-refractivity contribution in [2.75, 3.05) is 31.2 Å². The summed E-state index contributed by atoms with van der Waals surface area (Å²) in [7, 11) is -3.16. The van der Waals surface area contributed by atoms with Crippen molar-refractivity contribution >= 4 is 21.6 Å². The number of amides is 1. The Labute approximate surface area is 144 Å². The molecular formula is C17H27N3O3S. The van der Waals surface area contributed by atoms with Crippen LogP contribution < -0.4 is 10.0 Å². The highest BCUT2D eigenvalue weighted by atomic mass is 32.2. The SMILES string of the molecule is CC(C)c1cccc(NC(=O)CN2CCC(NS(C)(=O)=O)CC2)c1. The third kappa shape index (κ3) is 6.22. The minimum Gasteiger partial charge on any atom is -0.325 e. The van der Waals surface area contributed by atoms with E-state index in [1.165, 1.54) is 11.8 Å². The number of nitrogens with zero attached hydrogens (tertiary/aromatic N) is 1. The summed E-state index contributed by atoms with van der Waals surface area (Å²) < 4.78 is 25.1. The molecule has 1 fully saturated rings. The minimum atomic E-state index is -3.16. The summed E-state index contributed by atoms with van der Waals surface area (Å²) in [4.78, 5) is 14.3. The van der Waals surface area contributed by atoms with Gasteiger partial charge in [0.25, 0.3) is 0 Å². The summed E-state index contributed by atoms with van der Waals surface area (Å²) >= 11 is 0. The molecule has 1 heterocycles. The minimum absolute atomic E-state index is 0.0259. The van der Waals surface area contributed by atoms with E-state index in [9.17, 15) is 13.2 Å². The van der Waals surface area contributed by atoms with Crippen molar-refractivity contribution < 1.29 is 13.2 Å². The van der Waals surface area contributed by atoms with E-state index < -0.39 is 10.0 Å². The lowest BCUT2D eigenvalue weighted by Crippen LogP contribution is -2.46. The van der Waals surface area contributed by atoms with Crippen molar-refractivity contribution in [1.29, 1.82) is 0 Å². The van der Waals surface area contributed by atoms with Gasteiger partial charge < -0.3 is 5.32 Å². The Bertz CT molecular complexity index is 665. The third-order valence-electron chi connectivity index (χ3n) is 4.17. The van der Waals surface area contributed by atoms with Gasteiger partial charge >= 0.3 is 0 Å². The molecule has 0 spiro atoms. The van der Waals surface area contributed by atoms with E-state index >= 15 is 0 Å². The average molecular weight is 353 g/mol. The van der Waals surface area contributed by atoms with Crippen molar-refractivity contribution in [3.05, 3.63) is 29.8 Å². The van der Waals surface area contributed by atoms with Crippen LogP contribution in [0.2, 0.25) is 0 Å². The van der Waals surface area contributed by atoms with E-state index in [4.69, 9.17) is 0 Å². The molecule has 1 aliphatic heterocycles. The van der Waals surface area contributed by atoms with E-state index in [1.54, 1.807) is 0 Å². The largest absolute Gasteiger partial charge is 0.325 e. The smallest absolute Gasteiger partial charge is 0.238 e. The molecule has 7 heteroatoms. The normalized spacial score (nSPS) is 17.2. The summed E-state index contributed by atoms with van der Waals surface area (Å²) in [6, 6.07) is 7.88. The Balaban J connectivity index is 1.80. The van der Waals surface area contributed by atoms with Crippen LogP contribution in [0.5, 0.6) is 0 Å². The monoisotopic (exact) mass is 353 g/mol. The molecule has 0 aromatic heterocycles. The van der Waals surface area contributed by atoms with Gasteiger partial charge in [0.2, 0.25) is 15.9 Å². The van der Waals surface area contributed by atoms with Gasteiger partial charge in [0.15, 0.2) is 0 Å². The molecule has 1 aromatic carbocycles. The van der Waals surface area contributed by atoms with Crippen molar-refractivity contribution in [3.63, 3.8) is 0 Å². The first-order chi connectivity index (χ1) is 11.2. The fourth-order valence-electron chi connectivity index (χ4n) is 2.89. The molecular weight excluding hydrogens is 326 g/mol. The molecule has 0 saturated carbocycles. The predicted octanol–water partition coefficient (Wildman–Crippen LogP) is 1.76. The van der Waals surface area contributed by atoms with Gasteiger partial charge in [-0.05, 0) is 36.5 Å². The Hall–Kier alpha value is -1.44. The molecule has 2 rings (SSSR count). The predicted molar refractivity (Wildman–Crippen MR) is 96.6 cm³/mol. The lowest BCUT2D eigenvalue weighted by atomic mass is 10.0. The number of piperidine rings is 1. The number of hydrogen-bond acceptors (Lipinski definition) is 4. The van der Waals surface area contributed by atoms with Crippen LogP contribution in [0, 0.1) is 0 Å². The van der Waals surface area contributed by atoms with Gasteiger partial charge in [0.1, 0.15) is 0 Å². The number of carbonyl (C=O) groups excluding carboxylic acids is 1. The Kier molecular flexibility index (Phi) is 6.37. The number of sulfonamides is 1. The molecule has 0 aliphatic carbocycles. The zero-order valence-electron chi connectivity index (χ0n) is 14.6. The fourth-order valence-corrected chi connectivity index (χ4v) is 3.73. The second-order valence-corrected chi connectivity index (χ2v) is 8.55. The Morgan fingerprint density at radius 3 is 2.54 bits per heavy atom. The standard InChI is InChI=1S/C17H27N3O3S/c1-13(2)14-5-4-6-16(11-14)18-17(21)12-20-9-7-15(8-10-20)19-24(3,22)23/h4-6,11,13,15,19H,7-10,12H2,1-3H3,(H,18,21). The van der Waals surface area contributed by atoms with Crippen molar-refractivity contribution in [2.24, 2.45) is 0 Å². The average Bonchev–Trinajstić information content (AvgIpc) is 2.48. The van der Waals surface area contributed by atoms with E-state index in [-0.39, 0.29) is 11.9 Å². The van der Waals surface area contributed by atoms with Crippen molar-refractivity contribution in [1.82, 2.24) is 9.62 Å². The van der Waals surface area contributed by atoms with Gasteiger partial charge in [-0.3, -0.25) is 9.69 Å². The molecule has 6 nitrogen and oxygen atoms in total. The molecule has 0 bridgehead atoms. The summed E-state index contributed by atoms with van der Waals surface area (Å²) in [6.45, 7) is 6.00. The second kappa shape index (κ2) is 8.09. The van der Waals surface area contributed by atoms with Crippen molar-refractivity contribution in [2.45, 2.75) is 38.6 Å². The summed E-state index contributed by atoms with van der Waals surface area (Å²) in [5, 5.41) is 2.94. The van der Waals surface area contributed by atoms with Crippen molar-refractivity contribution in [3.8, 4) is 0 Å². The molecule has 1 saturated heterocycles. The fraction of sp³-hybridized carbons (Fsp3) is 0.588. The zero-order valence-corrected chi connectivity index (χ0v) is 15.4. The maximum absolute atomic E-state index is 12.2. The van der Waals surface area contributed by atoms with Gasteiger partial charge in [-0.15, -0.1) is 0 Å². The highest BCUT2D eigenvalue weighted by Gasteiger charge is 2.22. The first kappa shape index (κ1) is 18.9. The maximum atomic E-state index is 12.2. The first-order valence-corrected chi connectivity index (χ1v) is 10.2. The van der Waals surface area contributed by atoms with Crippen LogP contribution in [-0.2, 0) is 14.8 Å².